The molecule has 0 unspecified atom stereocenters. The Balaban J connectivity index is 1.73. The second-order valence-corrected chi connectivity index (χ2v) is 5.38. The maximum atomic E-state index is 4.09. The number of nitrogens with one attached hydrogen (secondary N) is 1. The molecule has 0 aliphatic carbocycles. The van der Waals surface area contributed by atoms with E-state index in [-0.39, 0.29) is 0 Å². The summed E-state index contributed by atoms with van der Waals surface area (Å²) in [6.45, 7) is 7.73. The minimum Gasteiger partial charge on any atom is -0.312 e. The molecule has 0 spiro atoms. The first-order valence-electron chi connectivity index (χ1n) is 5.98. The van der Waals surface area contributed by atoms with Crippen molar-refractivity contribution in [1.82, 2.24) is 19.8 Å². The summed E-state index contributed by atoms with van der Waals surface area (Å²) >= 11 is 1.44. The topological polar surface area (TPSA) is 41.0 Å². The Bertz CT molecular complexity index is 291. The Labute approximate surface area is 101 Å². The van der Waals surface area contributed by atoms with Crippen molar-refractivity contribution in [2.24, 2.45) is 0 Å². The molecule has 4 nitrogen and oxygen atoms in total. The monoisotopic (exact) mass is 240 g/mol. The second kappa shape index (κ2) is 5.70. The van der Waals surface area contributed by atoms with Gasteiger partial charge >= 0.3 is 0 Å². The summed E-state index contributed by atoms with van der Waals surface area (Å²) in [5, 5.41) is 9.74. The van der Waals surface area contributed by atoms with E-state index in [2.05, 4.69) is 33.7 Å². The number of aromatic nitrogens is 2. The number of likely N-dealkylation sites (tertiary alicyclic amines) is 1. The first-order valence-corrected chi connectivity index (χ1v) is 6.82. The highest BCUT2D eigenvalue weighted by Crippen LogP contribution is 2.13. The molecule has 0 saturated carbocycles. The number of nitrogens with zero attached hydrogens (tertiary/aromatic N) is 3. The molecule has 1 aliphatic rings. The van der Waals surface area contributed by atoms with Crippen LogP contribution in [0.25, 0.3) is 0 Å². The van der Waals surface area contributed by atoms with Crippen LogP contribution in [0.2, 0.25) is 0 Å². The van der Waals surface area contributed by atoms with E-state index < -0.39 is 0 Å². The van der Waals surface area contributed by atoms with Crippen molar-refractivity contribution in [2.75, 3.05) is 13.1 Å². The number of hydrogen-bond donors (Lipinski definition) is 1. The van der Waals surface area contributed by atoms with Crippen molar-refractivity contribution in [2.45, 2.75) is 45.3 Å². The van der Waals surface area contributed by atoms with E-state index in [1.165, 1.54) is 37.5 Å². The SMILES string of the molecule is CC(C)NC1CCN(Cc2csnn2)CC1. The molecule has 0 bridgehead atoms. The molecular weight excluding hydrogens is 220 g/mol. The highest BCUT2D eigenvalue weighted by molar-refractivity contribution is 7.03. The highest BCUT2D eigenvalue weighted by atomic mass is 32.1. The van der Waals surface area contributed by atoms with Gasteiger partial charge in [-0.1, -0.05) is 18.3 Å². The van der Waals surface area contributed by atoms with Gasteiger partial charge in [0.05, 0.1) is 5.69 Å². The molecule has 5 heteroatoms. The quantitative estimate of drug-likeness (QED) is 0.866. The Morgan fingerprint density at radius 1 is 1.50 bits per heavy atom. The molecule has 0 radical (unpaired) electrons. The molecule has 1 saturated heterocycles. The van der Waals surface area contributed by atoms with Crippen molar-refractivity contribution in [1.29, 1.82) is 0 Å². The van der Waals surface area contributed by atoms with Crippen LogP contribution in [0.4, 0.5) is 0 Å². The van der Waals surface area contributed by atoms with Gasteiger partial charge < -0.3 is 5.32 Å². The number of rotatable bonds is 4. The van der Waals surface area contributed by atoms with Gasteiger partial charge in [0, 0.05) is 37.1 Å². The fraction of sp³-hybridized carbons (Fsp3) is 0.818. The summed E-state index contributed by atoms with van der Waals surface area (Å²) < 4.78 is 3.89. The number of piperidine rings is 1. The lowest BCUT2D eigenvalue weighted by Gasteiger charge is -2.32. The minimum atomic E-state index is 0.597. The molecule has 90 valence electrons. The minimum absolute atomic E-state index is 0.597. The summed E-state index contributed by atoms with van der Waals surface area (Å²) in [5.41, 5.74) is 1.11. The molecule has 1 fully saturated rings. The van der Waals surface area contributed by atoms with E-state index in [1.807, 2.05) is 5.38 Å². The predicted molar refractivity (Wildman–Crippen MR) is 66.5 cm³/mol. The smallest absolute Gasteiger partial charge is 0.0895 e. The van der Waals surface area contributed by atoms with Gasteiger partial charge in [-0.25, -0.2) is 0 Å². The molecule has 1 N–H and O–H groups in total. The lowest BCUT2D eigenvalue weighted by molar-refractivity contribution is 0.184. The average molecular weight is 240 g/mol. The fourth-order valence-electron chi connectivity index (χ4n) is 2.21. The van der Waals surface area contributed by atoms with Crippen molar-refractivity contribution in [3.63, 3.8) is 0 Å². The standard InChI is InChI=1S/C11H20N4S/c1-9(2)12-10-3-5-15(6-4-10)7-11-8-16-14-13-11/h8-10,12H,3-7H2,1-2H3. The summed E-state index contributed by atoms with van der Waals surface area (Å²) in [7, 11) is 0. The summed E-state index contributed by atoms with van der Waals surface area (Å²) in [6, 6.07) is 1.30. The maximum Gasteiger partial charge on any atom is 0.0895 e. The van der Waals surface area contributed by atoms with E-state index >= 15 is 0 Å². The summed E-state index contributed by atoms with van der Waals surface area (Å²) in [5.74, 6) is 0. The molecule has 2 heterocycles. The molecular formula is C11H20N4S. The van der Waals surface area contributed by atoms with Gasteiger partial charge in [-0.3, -0.25) is 4.90 Å². The van der Waals surface area contributed by atoms with E-state index in [1.54, 1.807) is 0 Å². The van der Waals surface area contributed by atoms with Crippen LogP contribution >= 0.6 is 11.5 Å². The first kappa shape index (κ1) is 12.0. The van der Waals surface area contributed by atoms with Crippen LogP contribution in [0.3, 0.4) is 0 Å². The molecule has 16 heavy (non-hydrogen) atoms. The lowest BCUT2D eigenvalue weighted by atomic mass is 10.0. The van der Waals surface area contributed by atoms with Gasteiger partial charge in [0.2, 0.25) is 0 Å². The molecule has 1 aromatic heterocycles. The highest BCUT2D eigenvalue weighted by Gasteiger charge is 2.19. The number of hydrogen-bond acceptors (Lipinski definition) is 5. The van der Waals surface area contributed by atoms with E-state index in [0.29, 0.717) is 12.1 Å². The van der Waals surface area contributed by atoms with Crippen molar-refractivity contribution in [3.8, 4) is 0 Å². The first-order chi connectivity index (χ1) is 7.74. The predicted octanol–water partition coefficient (Wildman–Crippen LogP) is 1.50. The van der Waals surface area contributed by atoms with Gasteiger partial charge in [0.1, 0.15) is 0 Å². The molecule has 0 aromatic carbocycles. The summed E-state index contributed by atoms with van der Waals surface area (Å²) in [4.78, 5) is 2.47. The van der Waals surface area contributed by atoms with Crippen molar-refractivity contribution in [3.05, 3.63) is 11.1 Å². The fourth-order valence-corrected chi connectivity index (χ4v) is 2.65. The lowest BCUT2D eigenvalue weighted by Crippen LogP contribution is -2.44. The van der Waals surface area contributed by atoms with Gasteiger partial charge in [-0.05, 0) is 24.4 Å². The Kier molecular flexibility index (Phi) is 4.26. The molecule has 0 amide bonds. The molecule has 0 atom stereocenters. The largest absolute Gasteiger partial charge is 0.312 e. The van der Waals surface area contributed by atoms with E-state index in [0.717, 1.165) is 12.2 Å². The van der Waals surface area contributed by atoms with Crippen LogP contribution in [0.1, 0.15) is 32.4 Å². The molecule has 1 aromatic rings. The maximum absolute atomic E-state index is 4.09. The van der Waals surface area contributed by atoms with Crippen molar-refractivity contribution >= 4 is 11.5 Å². The van der Waals surface area contributed by atoms with Gasteiger partial charge in [-0.15, -0.1) is 5.10 Å². The zero-order valence-electron chi connectivity index (χ0n) is 10.0. The molecule has 2 rings (SSSR count). The Morgan fingerprint density at radius 3 is 2.81 bits per heavy atom. The van der Waals surface area contributed by atoms with Crippen LogP contribution in [0.15, 0.2) is 5.38 Å². The summed E-state index contributed by atoms with van der Waals surface area (Å²) in [6.07, 6.45) is 2.49. The van der Waals surface area contributed by atoms with Gasteiger partial charge in [0.15, 0.2) is 0 Å². The normalized spacial score (nSPS) is 19.4. The second-order valence-electron chi connectivity index (χ2n) is 4.77. The van der Waals surface area contributed by atoms with E-state index in [9.17, 15) is 0 Å². The van der Waals surface area contributed by atoms with Gasteiger partial charge in [-0.2, -0.15) is 0 Å². The zero-order chi connectivity index (χ0) is 11.4. The zero-order valence-corrected chi connectivity index (χ0v) is 10.8. The third kappa shape index (κ3) is 3.50. The van der Waals surface area contributed by atoms with Crippen LogP contribution in [-0.4, -0.2) is 39.7 Å². The van der Waals surface area contributed by atoms with Crippen LogP contribution < -0.4 is 5.32 Å². The van der Waals surface area contributed by atoms with Crippen LogP contribution in [-0.2, 0) is 6.54 Å². The third-order valence-corrected chi connectivity index (χ3v) is 3.50. The van der Waals surface area contributed by atoms with Crippen molar-refractivity contribution < 1.29 is 0 Å². The van der Waals surface area contributed by atoms with Crippen LogP contribution in [0.5, 0.6) is 0 Å². The molecule has 1 aliphatic heterocycles. The van der Waals surface area contributed by atoms with Crippen LogP contribution in [0, 0.1) is 0 Å². The average Bonchev–Trinajstić information content (AvgIpc) is 2.73. The third-order valence-electron chi connectivity index (χ3n) is 2.95. The Hall–Kier alpha value is -0.520. The van der Waals surface area contributed by atoms with E-state index in [4.69, 9.17) is 0 Å². The Morgan fingerprint density at radius 2 is 2.25 bits per heavy atom. The van der Waals surface area contributed by atoms with Gasteiger partial charge in [0.25, 0.3) is 0 Å².